The number of piperazine rings is 1. The first-order chi connectivity index (χ1) is 8.06. The predicted molar refractivity (Wildman–Crippen MR) is 70.5 cm³/mol. The maximum absolute atomic E-state index is 10.3. The van der Waals surface area contributed by atoms with E-state index in [-0.39, 0.29) is 12.1 Å². The zero-order chi connectivity index (χ0) is 12.4. The molecule has 2 heterocycles. The molecule has 17 heavy (non-hydrogen) atoms. The normalized spacial score (nSPS) is 25.1. The quantitative estimate of drug-likeness (QED) is 0.858. The minimum atomic E-state index is -0.326. The van der Waals surface area contributed by atoms with Gasteiger partial charge in [0.2, 0.25) is 0 Å². The van der Waals surface area contributed by atoms with Gasteiger partial charge in [-0.3, -0.25) is 4.90 Å². The van der Waals surface area contributed by atoms with Crippen molar-refractivity contribution in [3.8, 4) is 0 Å². The third kappa shape index (κ3) is 3.25. The summed E-state index contributed by atoms with van der Waals surface area (Å²) in [7, 11) is 4.20. The summed E-state index contributed by atoms with van der Waals surface area (Å²) in [5.74, 6) is 0. The van der Waals surface area contributed by atoms with Crippen LogP contribution in [0.4, 0.5) is 0 Å². The van der Waals surface area contributed by atoms with Gasteiger partial charge in [-0.2, -0.15) is 0 Å². The first-order valence-electron chi connectivity index (χ1n) is 6.04. The van der Waals surface area contributed by atoms with Gasteiger partial charge in [0.25, 0.3) is 0 Å². The Morgan fingerprint density at radius 1 is 1.53 bits per heavy atom. The van der Waals surface area contributed by atoms with Crippen molar-refractivity contribution in [3.05, 3.63) is 16.1 Å². The number of thiazole rings is 1. The van der Waals surface area contributed by atoms with Crippen LogP contribution in [0.1, 0.15) is 10.7 Å². The van der Waals surface area contributed by atoms with Crippen LogP contribution in [-0.4, -0.2) is 65.8 Å². The number of aromatic nitrogens is 1. The first-order valence-corrected chi connectivity index (χ1v) is 6.92. The van der Waals surface area contributed by atoms with Crippen LogP contribution in [0.25, 0.3) is 0 Å². The van der Waals surface area contributed by atoms with Gasteiger partial charge < -0.3 is 10.0 Å². The molecule has 2 unspecified atom stereocenters. The van der Waals surface area contributed by atoms with Gasteiger partial charge in [-0.1, -0.05) is 0 Å². The molecule has 0 bridgehead atoms. The Bertz CT molecular complexity index is 368. The molecule has 1 N–H and O–H groups in total. The maximum Gasteiger partial charge on any atom is 0.0954 e. The van der Waals surface area contributed by atoms with Crippen LogP contribution in [0.2, 0.25) is 0 Å². The highest BCUT2D eigenvalue weighted by atomic mass is 32.1. The van der Waals surface area contributed by atoms with Crippen molar-refractivity contribution in [2.45, 2.75) is 25.5 Å². The van der Waals surface area contributed by atoms with Crippen LogP contribution in [0, 0.1) is 6.92 Å². The molecule has 0 amide bonds. The molecule has 1 aliphatic rings. The second kappa shape index (κ2) is 5.44. The summed E-state index contributed by atoms with van der Waals surface area (Å²) < 4.78 is 0. The van der Waals surface area contributed by atoms with E-state index in [1.807, 2.05) is 12.3 Å². The Labute approximate surface area is 107 Å². The molecule has 5 heteroatoms. The molecule has 1 aromatic heterocycles. The molecule has 1 aliphatic heterocycles. The zero-order valence-electron chi connectivity index (χ0n) is 10.8. The predicted octanol–water partition coefficient (Wildman–Crippen LogP) is 0.601. The number of aliphatic hydroxyl groups is 1. The van der Waals surface area contributed by atoms with Crippen molar-refractivity contribution in [1.29, 1.82) is 0 Å². The van der Waals surface area contributed by atoms with Crippen molar-refractivity contribution < 1.29 is 5.11 Å². The molecule has 1 saturated heterocycles. The third-order valence-electron chi connectivity index (χ3n) is 3.39. The molecule has 1 fully saturated rings. The third-order valence-corrected chi connectivity index (χ3v) is 4.38. The van der Waals surface area contributed by atoms with Crippen LogP contribution in [0.5, 0.6) is 0 Å². The van der Waals surface area contributed by atoms with Crippen LogP contribution >= 0.6 is 11.3 Å². The Hall–Kier alpha value is -0.490. The van der Waals surface area contributed by atoms with Crippen molar-refractivity contribution in [3.63, 3.8) is 0 Å². The molecule has 0 spiro atoms. The largest absolute Gasteiger partial charge is 0.391 e. The van der Waals surface area contributed by atoms with E-state index in [0.29, 0.717) is 6.42 Å². The minimum absolute atomic E-state index is 0.220. The van der Waals surface area contributed by atoms with E-state index >= 15 is 0 Å². The van der Waals surface area contributed by atoms with E-state index in [1.54, 1.807) is 11.3 Å². The molecule has 0 aliphatic carbocycles. The van der Waals surface area contributed by atoms with Crippen LogP contribution in [-0.2, 0) is 6.42 Å². The van der Waals surface area contributed by atoms with Crippen LogP contribution in [0.15, 0.2) is 5.38 Å². The highest BCUT2D eigenvalue weighted by Gasteiger charge is 2.29. The summed E-state index contributed by atoms with van der Waals surface area (Å²) >= 11 is 1.64. The first kappa shape index (κ1) is 13.0. The average Bonchev–Trinajstić information content (AvgIpc) is 2.67. The molecular weight excluding hydrogens is 234 g/mol. The second-order valence-corrected chi connectivity index (χ2v) is 5.91. The van der Waals surface area contributed by atoms with Crippen LogP contribution < -0.4 is 0 Å². The van der Waals surface area contributed by atoms with Gasteiger partial charge in [0.1, 0.15) is 0 Å². The molecule has 4 nitrogen and oxygen atoms in total. The van der Waals surface area contributed by atoms with Crippen LogP contribution in [0.3, 0.4) is 0 Å². The standard InChI is InChI=1S/C12H21N3OS/c1-9-8-17-12(13-9)6-11(16)10-7-14(2)4-5-15(10)3/h8,10-11,16H,4-7H2,1-3H3. The van der Waals surface area contributed by atoms with Gasteiger partial charge in [-0.15, -0.1) is 11.3 Å². The SMILES string of the molecule is Cc1csc(CC(O)C2CN(C)CCN2C)n1. The lowest BCUT2D eigenvalue weighted by Crippen LogP contribution is -2.55. The van der Waals surface area contributed by atoms with E-state index in [9.17, 15) is 5.11 Å². The number of rotatable bonds is 3. The lowest BCUT2D eigenvalue weighted by atomic mass is 10.0. The Balaban J connectivity index is 1.96. The smallest absolute Gasteiger partial charge is 0.0954 e. The fraction of sp³-hybridized carbons (Fsp3) is 0.750. The Morgan fingerprint density at radius 3 is 2.94 bits per heavy atom. The van der Waals surface area contributed by atoms with Gasteiger partial charge in [0.15, 0.2) is 0 Å². The Kier molecular flexibility index (Phi) is 4.14. The van der Waals surface area contributed by atoms with E-state index in [0.717, 1.165) is 30.3 Å². The van der Waals surface area contributed by atoms with E-state index in [2.05, 4.69) is 28.9 Å². The fourth-order valence-electron chi connectivity index (χ4n) is 2.27. The summed E-state index contributed by atoms with van der Waals surface area (Å²) in [4.78, 5) is 8.95. The minimum Gasteiger partial charge on any atom is -0.391 e. The topological polar surface area (TPSA) is 39.6 Å². The molecule has 1 aromatic rings. The molecule has 0 radical (unpaired) electrons. The van der Waals surface area contributed by atoms with E-state index in [4.69, 9.17) is 0 Å². The van der Waals surface area contributed by atoms with Gasteiger partial charge in [-0.25, -0.2) is 4.98 Å². The molecule has 0 saturated carbocycles. The summed E-state index contributed by atoms with van der Waals surface area (Å²) in [5.41, 5.74) is 1.05. The summed E-state index contributed by atoms with van der Waals surface area (Å²) in [6.07, 6.45) is 0.342. The summed E-state index contributed by atoms with van der Waals surface area (Å²) in [6, 6.07) is 0.220. The fourth-order valence-corrected chi connectivity index (χ4v) is 3.09. The molecular formula is C12H21N3OS. The number of nitrogens with zero attached hydrogens (tertiary/aromatic N) is 3. The highest BCUT2D eigenvalue weighted by molar-refractivity contribution is 7.09. The number of hydrogen-bond donors (Lipinski definition) is 1. The van der Waals surface area contributed by atoms with Gasteiger partial charge in [0, 0.05) is 43.2 Å². The number of likely N-dealkylation sites (N-methyl/N-ethyl adjacent to an activating group) is 2. The molecule has 2 atom stereocenters. The van der Waals surface area contributed by atoms with Crippen molar-refractivity contribution in [1.82, 2.24) is 14.8 Å². The van der Waals surface area contributed by atoms with E-state index in [1.165, 1.54) is 0 Å². The zero-order valence-corrected chi connectivity index (χ0v) is 11.6. The average molecular weight is 255 g/mol. The lowest BCUT2D eigenvalue weighted by Gasteiger charge is -2.40. The van der Waals surface area contributed by atoms with E-state index < -0.39 is 0 Å². The number of aliphatic hydroxyl groups excluding tert-OH is 1. The second-order valence-electron chi connectivity index (χ2n) is 4.96. The van der Waals surface area contributed by atoms with Crippen molar-refractivity contribution >= 4 is 11.3 Å². The molecule has 2 rings (SSSR count). The summed E-state index contributed by atoms with van der Waals surface area (Å²) in [5, 5.41) is 13.4. The summed E-state index contributed by atoms with van der Waals surface area (Å²) in [6.45, 7) is 5.03. The van der Waals surface area contributed by atoms with Gasteiger partial charge >= 0.3 is 0 Å². The lowest BCUT2D eigenvalue weighted by molar-refractivity contribution is 0.0152. The Morgan fingerprint density at radius 2 is 2.29 bits per heavy atom. The van der Waals surface area contributed by atoms with Gasteiger partial charge in [-0.05, 0) is 21.0 Å². The number of aryl methyl sites for hydroxylation is 1. The molecule has 96 valence electrons. The van der Waals surface area contributed by atoms with Crippen molar-refractivity contribution in [2.24, 2.45) is 0 Å². The van der Waals surface area contributed by atoms with Crippen molar-refractivity contribution in [2.75, 3.05) is 33.7 Å². The molecule has 0 aromatic carbocycles. The maximum atomic E-state index is 10.3. The van der Waals surface area contributed by atoms with Gasteiger partial charge in [0.05, 0.1) is 11.1 Å². The monoisotopic (exact) mass is 255 g/mol. The number of hydrogen-bond acceptors (Lipinski definition) is 5. The highest BCUT2D eigenvalue weighted by Crippen LogP contribution is 2.16.